The first-order valence-electron chi connectivity index (χ1n) is 6.08. The second-order valence-electron chi connectivity index (χ2n) is 4.69. The van der Waals surface area contributed by atoms with Gasteiger partial charge in [-0.2, -0.15) is 5.10 Å². The Morgan fingerprint density at radius 3 is 2.79 bits per heavy atom. The summed E-state index contributed by atoms with van der Waals surface area (Å²) >= 11 is 9.43. The lowest BCUT2D eigenvalue weighted by molar-refractivity contribution is 0.493. The minimum absolute atomic E-state index is 0.145. The molecule has 1 unspecified atom stereocenters. The van der Waals surface area contributed by atoms with E-state index >= 15 is 0 Å². The summed E-state index contributed by atoms with van der Waals surface area (Å²) in [5.41, 5.74) is 7.27. The van der Waals surface area contributed by atoms with Gasteiger partial charge in [-0.3, -0.25) is 0 Å². The molecule has 0 radical (unpaired) electrons. The topological polar surface area (TPSA) is 56.7 Å². The summed E-state index contributed by atoms with van der Waals surface area (Å²) in [6.45, 7) is 4.14. The van der Waals surface area contributed by atoms with E-state index in [0.29, 0.717) is 11.4 Å². The standard InChI is InChI=1S/C13H16BrClN4/c1-8(2)19-13(17-7-18-19)6-12(16)10-4-3-9(15)5-11(10)14/h3-5,7-8,12H,6,16H2,1-2H3. The lowest BCUT2D eigenvalue weighted by Crippen LogP contribution is -2.18. The molecule has 0 amide bonds. The van der Waals surface area contributed by atoms with Crippen LogP contribution in [0.3, 0.4) is 0 Å². The smallest absolute Gasteiger partial charge is 0.138 e. The van der Waals surface area contributed by atoms with Crippen LogP contribution in [-0.2, 0) is 6.42 Å². The molecule has 19 heavy (non-hydrogen) atoms. The van der Waals surface area contributed by atoms with Gasteiger partial charge in [0, 0.05) is 28.0 Å². The summed E-state index contributed by atoms with van der Waals surface area (Å²) in [7, 11) is 0. The monoisotopic (exact) mass is 342 g/mol. The van der Waals surface area contributed by atoms with Crippen molar-refractivity contribution in [3.63, 3.8) is 0 Å². The minimum atomic E-state index is -0.145. The Hall–Kier alpha value is -0.910. The van der Waals surface area contributed by atoms with Crippen LogP contribution in [0.25, 0.3) is 0 Å². The zero-order valence-electron chi connectivity index (χ0n) is 10.8. The van der Waals surface area contributed by atoms with Gasteiger partial charge in [0.2, 0.25) is 0 Å². The normalized spacial score (nSPS) is 12.9. The molecule has 2 rings (SSSR count). The van der Waals surface area contributed by atoms with Crippen molar-refractivity contribution in [2.45, 2.75) is 32.4 Å². The first kappa shape index (κ1) is 14.5. The van der Waals surface area contributed by atoms with Gasteiger partial charge in [-0.25, -0.2) is 9.67 Å². The maximum absolute atomic E-state index is 6.25. The minimum Gasteiger partial charge on any atom is -0.324 e. The molecule has 2 N–H and O–H groups in total. The molecule has 0 saturated carbocycles. The number of nitrogens with two attached hydrogens (primary N) is 1. The zero-order chi connectivity index (χ0) is 14.0. The summed E-state index contributed by atoms with van der Waals surface area (Å²) in [6.07, 6.45) is 2.21. The van der Waals surface area contributed by atoms with E-state index in [1.807, 2.05) is 22.9 Å². The van der Waals surface area contributed by atoms with E-state index in [0.717, 1.165) is 15.9 Å². The molecule has 0 spiro atoms. The van der Waals surface area contributed by atoms with Gasteiger partial charge in [0.25, 0.3) is 0 Å². The SMILES string of the molecule is CC(C)n1ncnc1CC(N)c1ccc(Cl)cc1Br. The third-order valence-corrected chi connectivity index (χ3v) is 3.82. The number of hydrogen-bond donors (Lipinski definition) is 1. The maximum Gasteiger partial charge on any atom is 0.138 e. The number of nitrogens with zero attached hydrogens (tertiary/aromatic N) is 3. The number of halogens is 2. The Morgan fingerprint density at radius 1 is 1.42 bits per heavy atom. The van der Waals surface area contributed by atoms with E-state index in [2.05, 4.69) is 39.9 Å². The quantitative estimate of drug-likeness (QED) is 0.924. The van der Waals surface area contributed by atoms with Crippen molar-refractivity contribution in [2.75, 3.05) is 0 Å². The fourth-order valence-electron chi connectivity index (χ4n) is 1.96. The molecule has 1 aromatic heterocycles. The van der Waals surface area contributed by atoms with E-state index in [1.54, 1.807) is 6.33 Å². The number of hydrogen-bond acceptors (Lipinski definition) is 3. The number of rotatable bonds is 4. The van der Waals surface area contributed by atoms with Crippen molar-refractivity contribution < 1.29 is 0 Å². The molecule has 6 heteroatoms. The van der Waals surface area contributed by atoms with Crippen molar-refractivity contribution >= 4 is 27.5 Å². The Bertz CT molecular complexity index is 568. The lowest BCUT2D eigenvalue weighted by atomic mass is 10.0. The van der Waals surface area contributed by atoms with Crippen LogP contribution >= 0.6 is 27.5 Å². The van der Waals surface area contributed by atoms with Crippen LogP contribution in [0.5, 0.6) is 0 Å². The molecule has 2 aromatic rings. The number of aromatic nitrogens is 3. The fraction of sp³-hybridized carbons (Fsp3) is 0.385. The van der Waals surface area contributed by atoms with Crippen molar-refractivity contribution in [2.24, 2.45) is 5.73 Å². The molecule has 0 saturated heterocycles. The molecular weight excluding hydrogens is 328 g/mol. The first-order valence-corrected chi connectivity index (χ1v) is 7.25. The van der Waals surface area contributed by atoms with Gasteiger partial charge in [0.1, 0.15) is 12.2 Å². The van der Waals surface area contributed by atoms with Crippen LogP contribution in [0, 0.1) is 0 Å². The zero-order valence-corrected chi connectivity index (χ0v) is 13.2. The molecule has 1 aromatic carbocycles. The van der Waals surface area contributed by atoms with Gasteiger partial charge in [-0.15, -0.1) is 0 Å². The Kier molecular flexibility index (Phi) is 4.60. The number of benzene rings is 1. The molecule has 0 fully saturated rings. The third kappa shape index (κ3) is 3.35. The van der Waals surface area contributed by atoms with Gasteiger partial charge < -0.3 is 5.73 Å². The van der Waals surface area contributed by atoms with E-state index in [-0.39, 0.29) is 12.1 Å². The van der Waals surface area contributed by atoms with Gasteiger partial charge >= 0.3 is 0 Å². The van der Waals surface area contributed by atoms with Crippen molar-refractivity contribution in [1.29, 1.82) is 0 Å². The summed E-state index contributed by atoms with van der Waals surface area (Å²) in [6, 6.07) is 5.76. The fourth-order valence-corrected chi connectivity index (χ4v) is 2.94. The average Bonchev–Trinajstić information content (AvgIpc) is 2.76. The largest absolute Gasteiger partial charge is 0.324 e. The molecule has 102 valence electrons. The highest BCUT2D eigenvalue weighted by Crippen LogP contribution is 2.27. The summed E-state index contributed by atoms with van der Waals surface area (Å²) in [5, 5.41) is 4.90. The highest BCUT2D eigenvalue weighted by atomic mass is 79.9. The first-order chi connectivity index (χ1) is 8.99. The lowest BCUT2D eigenvalue weighted by Gasteiger charge is -2.15. The second-order valence-corrected chi connectivity index (χ2v) is 5.98. The summed E-state index contributed by atoms with van der Waals surface area (Å²) in [4.78, 5) is 4.28. The van der Waals surface area contributed by atoms with Crippen molar-refractivity contribution in [3.8, 4) is 0 Å². The Labute approximate surface area is 126 Å². The van der Waals surface area contributed by atoms with Crippen molar-refractivity contribution in [1.82, 2.24) is 14.8 Å². The van der Waals surface area contributed by atoms with Crippen molar-refractivity contribution in [3.05, 3.63) is 45.4 Å². The van der Waals surface area contributed by atoms with Crippen LogP contribution in [0.15, 0.2) is 29.0 Å². The Morgan fingerprint density at radius 2 is 2.16 bits per heavy atom. The highest BCUT2D eigenvalue weighted by Gasteiger charge is 2.15. The van der Waals surface area contributed by atoms with E-state index < -0.39 is 0 Å². The van der Waals surface area contributed by atoms with Crippen LogP contribution in [-0.4, -0.2) is 14.8 Å². The van der Waals surface area contributed by atoms with Crippen LogP contribution in [0.1, 0.15) is 37.3 Å². The summed E-state index contributed by atoms with van der Waals surface area (Å²) < 4.78 is 2.81. The Balaban J connectivity index is 2.21. The van der Waals surface area contributed by atoms with E-state index in [1.165, 1.54) is 0 Å². The molecule has 1 atom stereocenters. The van der Waals surface area contributed by atoms with Crippen LogP contribution in [0.4, 0.5) is 0 Å². The molecule has 0 aliphatic carbocycles. The van der Waals surface area contributed by atoms with E-state index in [4.69, 9.17) is 17.3 Å². The third-order valence-electron chi connectivity index (χ3n) is 2.90. The molecule has 0 aliphatic heterocycles. The molecular formula is C13H16BrClN4. The van der Waals surface area contributed by atoms with Gasteiger partial charge in [-0.05, 0) is 31.5 Å². The van der Waals surface area contributed by atoms with Gasteiger partial charge in [-0.1, -0.05) is 33.6 Å². The molecule has 0 bridgehead atoms. The molecule has 4 nitrogen and oxygen atoms in total. The van der Waals surface area contributed by atoms with Crippen LogP contribution in [0.2, 0.25) is 5.02 Å². The second kappa shape index (κ2) is 6.03. The molecule has 1 heterocycles. The predicted octanol–water partition coefficient (Wildman–Crippen LogP) is 3.52. The average molecular weight is 344 g/mol. The van der Waals surface area contributed by atoms with Gasteiger partial charge in [0.15, 0.2) is 0 Å². The van der Waals surface area contributed by atoms with Crippen LogP contribution < -0.4 is 5.73 Å². The summed E-state index contributed by atoms with van der Waals surface area (Å²) in [5.74, 6) is 0.893. The maximum atomic E-state index is 6.25. The van der Waals surface area contributed by atoms with Gasteiger partial charge in [0.05, 0.1) is 0 Å². The predicted molar refractivity (Wildman–Crippen MR) is 80.2 cm³/mol. The molecule has 0 aliphatic rings. The highest BCUT2D eigenvalue weighted by molar-refractivity contribution is 9.10. The van der Waals surface area contributed by atoms with E-state index in [9.17, 15) is 0 Å².